The zero-order valence-electron chi connectivity index (χ0n) is 19.8. The van der Waals surface area contributed by atoms with Crippen molar-refractivity contribution in [3.8, 4) is 0 Å². The summed E-state index contributed by atoms with van der Waals surface area (Å²) in [7, 11) is 0. The Bertz CT molecular complexity index is 650. The smallest absolute Gasteiger partial charge is 0.364 e. The monoisotopic (exact) mass is 440 g/mol. The molecule has 0 bridgehead atoms. The zero-order valence-corrected chi connectivity index (χ0v) is 19.8. The summed E-state index contributed by atoms with van der Waals surface area (Å²) >= 11 is 0. The van der Waals surface area contributed by atoms with Gasteiger partial charge >= 0.3 is 5.97 Å². The molecule has 0 heterocycles. The minimum Gasteiger partial charge on any atom is -0.477 e. The molecule has 180 valence electrons. The van der Waals surface area contributed by atoms with Gasteiger partial charge in [-0.05, 0) is 98.2 Å². The SMILES string of the molecule is CC.CC12CCC3C(C(O)CC4CC(O)CCC43C)C1CCC2CCC(O)(O)C(=O)O. The Morgan fingerprint density at radius 2 is 1.55 bits per heavy atom. The molecule has 0 aromatic carbocycles. The van der Waals surface area contributed by atoms with Gasteiger partial charge in [0.05, 0.1) is 12.2 Å². The highest BCUT2D eigenvalue weighted by atomic mass is 16.5. The molecule has 4 rings (SSSR count). The fraction of sp³-hybridized carbons (Fsp3) is 0.960. The van der Waals surface area contributed by atoms with E-state index in [1.807, 2.05) is 13.8 Å². The van der Waals surface area contributed by atoms with Crippen molar-refractivity contribution in [2.24, 2.45) is 40.4 Å². The van der Waals surface area contributed by atoms with E-state index in [1.54, 1.807) is 0 Å². The molecule has 4 aliphatic rings. The average molecular weight is 441 g/mol. The first-order valence-corrected chi connectivity index (χ1v) is 12.5. The van der Waals surface area contributed by atoms with Crippen LogP contribution >= 0.6 is 0 Å². The highest BCUT2D eigenvalue weighted by Gasteiger charge is 2.62. The maximum Gasteiger partial charge on any atom is 0.364 e. The van der Waals surface area contributed by atoms with E-state index in [1.165, 1.54) is 0 Å². The molecule has 0 radical (unpaired) electrons. The lowest BCUT2D eigenvalue weighted by Gasteiger charge is -2.62. The Kier molecular flexibility index (Phi) is 7.18. The van der Waals surface area contributed by atoms with Gasteiger partial charge in [0.15, 0.2) is 0 Å². The van der Waals surface area contributed by atoms with Crippen LogP contribution in [-0.2, 0) is 4.79 Å². The van der Waals surface area contributed by atoms with Crippen LogP contribution in [0.5, 0.6) is 0 Å². The van der Waals surface area contributed by atoms with Crippen molar-refractivity contribution in [1.29, 1.82) is 0 Å². The summed E-state index contributed by atoms with van der Waals surface area (Å²) in [4.78, 5) is 11.1. The van der Waals surface area contributed by atoms with Crippen molar-refractivity contribution < 1.29 is 30.3 Å². The van der Waals surface area contributed by atoms with Crippen LogP contribution in [0.25, 0.3) is 0 Å². The topological polar surface area (TPSA) is 118 Å². The third-order valence-electron chi connectivity index (χ3n) is 10.0. The summed E-state index contributed by atoms with van der Waals surface area (Å²) in [5.74, 6) is -2.43. The number of carboxylic acid groups (broad SMARTS) is 1. The van der Waals surface area contributed by atoms with E-state index in [0.717, 1.165) is 51.4 Å². The molecule has 0 amide bonds. The first kappa shape index (κ1) is 24.9. The minimum absolute atomic E-state index is 0.0219. The molecule has 9 atom stereocenters. The number of hydrogen-bond acceptors (Lipinski definition) is 5. The summed E-state index contributed by atoms with van der Waals surface area (Å²) in [6.45, 7) is 8.68. The summed E-state index contributed by atoms with van der Waals surface area (Å²) in [6, 6.07) is 0. The first-order chi connectivity index (χ1) is 14.5. The quantitative estimate of drug-likeness (QED) is 0.427. The lowest BCUT2D eigenvalue weighted by molar-refractivity contribution is -0.207. The van der Waals surface area contributed by atoms with Crippen LogP contribution in [0.4, 0.5) is 0 Å². The van der Waals surface area contributed by atoms with Gasteiger partial charge in [0.2, 0.25) is 0 Å². The molecule has 0 spiro atoms. The third-order valence-corrected chi connectivity index (χ3v) is 10.0. The molecule has 9 unspecified atom stereocenters. The van der Waals surface area contributed by atoms with E-state index in [0.29, 0.717) is 24.2 Å². The Morgan fingerprint density at radius 1 is 0.935 bits per heavy atom. The van der Waals surface area contributed by atoms with Gasteiger partial charge in [0.25, 0.3) is 5.79 Å². The maximum absolute atomic E-state index is 11.2. The molecule has 6 heteroatoms. The van der Waals surface area contributed by atoms with Crippen LogP contribution in [0.2, 0.25) is 0 Å². The van der Waals surface area contributed by atoms with Crippen molar-refractivity contribution in [3.63, 3.8) is 0 Å². The van der Waals surface area contributed by atoms with E-state index in [-0.39, 0.29) is 41.3 Å². The van der Waals surface area contributed by atoms with Gasteiger partial charge in [-0.15, -0.1) is 0 Å². The number of hydrogen-bond donors (Lipinski definition) is 5. The van der Waals surface area contributed by atoms with Crippen LogP contribution in [0, 0.1) is 40.4 Å². The second kappa shape index (κ2) is 8.92. The van der Waals surface area contributed by atoms with Crippen molar-refractivity contribution in [1.82, 2.24) is 0 Å². The normalized spacial score (nSPS) is 46.8. The summed E-state index contributed by atoms with van der Waals surface area (Å²) in [5.41, 5.74) is 0.214. The number of carboxylic acids is 1. The van der Waals surface area contributed by atoms with Crippen LogP contribution in [0.1, 0.15) is 91.9 Å². The number of fused-ring (bicyclic) bond motifs is 5. The van der Waals surface area contributed by atoms with Crippen LogP contribution < -0.4 is 0 Å². The molecule has 0 aromatic rings. The summed E-state index contributed by atoms with van der Waals surface area (Å²) in [6.07, 6.45) is 7.38. The number of aliphatic hydroxyl groups excluding tert-OH is 2. The Hall–Kier alpha value is -0.690. The van der Waals surface area contributed by atoms with Gasteiger partial charge in [-0.1, -0.05) is 27.7 Å². The average Bonchev–Trinajstić information content (AvgIpc) is 3.05. The van der Waals surface area contributed by atoms with Gasteiger partial charge < -0.3 is 25.5 Å². The molecular formula is C25H44O6. The molecule has 4 aliphatic carbocycles. The number of carbonyl (C=O) groups is 1. The fourth-order valence-corrected chi connectivity index (χ4v) is 8.27. The summed E-state index contributed by atoms with van der Waals surface area (Å²) in [5, 5.41) is 49.8. The number of rotatable bonds is 4. The second-order valence-corrected chi connectivity index (χ2v) is 11.2. The van der Waals surface area contributed by atoms with E-state index in [9.17, 15) is 25.2 Å². The van der Waals surface area contributed by atoms with E-state index < -0.39 is 11.8 Å². The van der Waals surface area contributed by atoms with Crippen molar-refractivity contribution in [3.05, 3.63) is 0 Å². The van der Waals surface area contributed by atoms with Crippen LogP contribution in [0.3, 0.4) is 0 Å². The van der Waals surface area contributed by atoms with Gasteiger partial charge in [-0.25, -0.2) is 4.79 Å². The molecule has 6 nitrogen and oxygen atoms in total. The van der Waals surface area contributed by atoms with Crippen LogP contribution in [-0.4, -0.2) is 49.5 Å². The molecule has 0 aliphatic heterocycles. The lowest BCUT2D eigenvalue weighted by atomic mass is 9.44. The Morgan fingerprint density at radius 3 is 2.19 bits per heavy atom. The molecular weight excluding hydrogens is 396 g/mol. The van der Waals surface area contributed by atoms with Crippen LogP contribution in [0.15, 0.2) is 0 Å². The first-order valence-electron chi connectivity index (χ1n) is 12.5. The predicted molar refractivity (Wildman–Crippen MR) is 118 cm³/mol. The van der Waals surface area contributed by atoms with Gasteiger partial charge in [-0.3, -0.25) is 0 Å². The molecule has 0 aromatic heterocycles. The molecule has 4 fully saturated rings. The highest BCUT2D eigenvalue weighted by molar-refractivity contribution is 5.74. The van der Waals surface area contributed by atoms with Crippen molar-refractivity contribution in [2.75, 3.05) is 0 Å². The largest absolute Gasteiger partial charge is 0.477 e. The fourth-order valence-electron chi connectivity index (χ4n) is 8.27. The molecule has 5 N–H and O–H groups in total. The molecule has 0 saturated heterocycles. The molecule has 31 heavy (non-hydrogen) atoms. The highest BCUT2D eigenvalue weighted by Crippen LogP contribution is 2.67. The maximum atomic E-state index is 11.2. The number of aliphatic carboxylic acids is 1. The standard InChI is InChI=1S/C23H38O6.C2H6/c1-21-9-7-17-19(18(25)12-14-11-15(24)6-8-22(14,17)2)16(21)4-3-13(21)5-10-23(28,29)20(26)27;1-2/h13-19,24-25,28-29H,3-12H2,1-2H3,(H,26,27);1-2H3. The van der Waals surface area contributed by atoms with E-state index >= 15 is 0 Å². The predicted octanol–water partition coefficient (Wildman–Crippen LogP) is 3.55. The zero-order chi connectivity index (χ0) is 23.2. The molecule has 4 saturated carbocycles. The summed E-state index contributed by atoms with van der Waals surface area (Å²) < 4.78 is 0. The van der Waals surface area contributed by atoms with Gasteiger partial charge in [-0.2, -0.15) is 0 Å². The van der Waals surface area contributed by atoms with Gasteiger partial charge in [0, 0.05) is 6.42 Å². The van der Waals surface area contributed by atoms with Gasteiger partial charge in [0.1, 0.15) is 0 Å². The third kappa shape index (κ3) is 4.18. The van der Waals surface area contributed by atoms with E-state index in [2.05, 4.69) is 13.8 Å². The number of aliphatic hydroxyl groups is 4. The minimum atomic E-state index is -2.65. The van der Waals surface area contributed by atoms with Crippen molar-refractivity contribution in [2.45, 2.75) is 110 Å². The lowest BCUT2D eigenvalue weighted by Crippen LogP contribution is -2.58. The second-order valence-electron chi connectivity index (χ2n) is 11.2. The van der Waals surface area contributed by atoms with E-state index in [4.69, 9.17) is 5.11 Å². The Balaban J connectivity index is 0.00000132. The van der Waals surface area contributed by atoms with Crippen molar-refractivity contribution >= 4 is 5.97 Å². The Labute approximate surface area is 187 Å².